The Morgan fingerprint density at radius 2 is 0.875 bits per heavy atom. The van der Waals surface area contributed by atoms with E-state index in [1.807, 2.05) is 0 Å². The largest absolute Gasteiger partial charge is 0.460 e. The first-order valence-corrected chi connectivity index (χ1v) is 6.06. The third kappa shape index (κ3) is 3.38. The van der Waals surface area contributed by atoms with Crippen molar-refractivity contribution in [2.24, 2.45) is 0 Å². The molecule has 1 nitrogen and oxygen atoms in total. The predicted molar refractivity (Wildman–Crippen MR) is 52.4 cm³/mol. The molecule has 0 aromatic rings. The highest BCUT2D eigenvalue weighted by molar-refractivity contribution is 5.10. The van der Waals surface area contributed by atoms with Crippen LogP contribution in [0.5, 0.6) is 0 Å². The highest BCUT2D eigenvalue weighted by atomic mass is 19.4. The molecular formula is C10H11F13N+. The summed E-state index contributed by atoms with van der Waals surface area (Å²) in [5.41, 5.74) is 3.09. The first kappa shape index (κ1) is 23.1. The molecule has 24 heavy (non-hydrogen) atoms. The van der Waals surface area contributed by atoms with Crippen molar-refractivity contribution in [1.29, 1.82) is 0 Å². The summed E-state index contributed by atoms with van der Waals surface area (Å²) in [6.45, 7) is -0.125. The van der Waals surface area contributed by atoms with Gasteiger partial charge >= 0.3 is 35.8 Å². The van der Waals surface area contributed by atoms with Gasteiger partial charge in [0.25, 0.3) is 0 Å². The van der Waals surface area contributed by atoms with Crippen molar-refractivity contribution in [1.82, 2.24) is 0 Å². The zero-order valence-corrected chi connectivity index (χ0v) is 11.4. The summed E-state index contributed by atoms with van der Waals surface area (Å²) < 4.78 is 165. The normalized spacial score (nSPS) is 15.8. The molecule has 0 spiro atoms. The maximum Gasteiger partial charge on any atom is 0.460 e. The van der Waals surface area contributed by atoms with E-state index in [0.717, 1.165) is 0 Å². The Labute approximate surface area is 126 Å². The first-order valence-electron chi connectivity index (χ1n) is 6.06. The van der Waals surface area contributed by atoms with Crippen LogP contribution in [0.2, 0.25) is 0 Å². The fourth-order valence-corrected chi connectivity index (χ4v) is 1.48. The Balaban J connectivity index is 5.92. The highest BCUT2D eigenvalue weighted by Gasteiger charge is 2.90. The predicted octanol–water partition coefficient (Wildman–Crippen LogP) is 4.14. The molecule has 0 saturated carbocycles. The first-order chi connectivity index (χ1) is 10.3. The van der Waals surface area contributed by atoms with Gasteiger partial charge in [-0.15, -0.1) is 0 Å². The summed E-state index contributed by atoms with van der Waals surface area (Å²) in [4.78, 5) is 0. The summed E-state index contributed by atoms with van der Waals surface area (Å²) in [5, 5.41) is 0. The van der Waals surface area contributed by atoms with Gasteiger partial charge in [-0.2, -0.15) is 57.1 Å². The lowest BCUT2D eigenvalue weighted by Crippen LogP contribution is -2.70. The second-order valence-electron chi connectivity index (χ2n) is 4.81. The summed E-state index contributed by atoms with van der Waals surface area (Å²) in [7, 11) is 0. The molecule has 0 unspecified atom stereocenters. The van der Waals surface area contributed by atoms with Crippen LogP contribution in [0.4, 0.5) is 57.1 Å². The summed E-state index contributed by atoms with van der Waals surface area (Å²) >= 11 is 0. The molecule has 0 radical (unpaired) electrons. The van der Waals surface area contributed by atoms with E-state index in [-0.39, 0.29) is 13.0 Å². The van der Waals surface area contributed by atoms with Crippen LogP contribution >= 0.6 is 0 Å². The lowest BCUT2D eigenvalue weighted by atomic mass is 9.92. The molecule has 0 aromatic heterocycles. The molecule has 0 rings (SSSR count). The molecule has 0 fully saturated rings. The summed E-state index contributed by atoms with van der Waals surface area (Å²) in [5.74, 6) is -36.3. The minimum absolute atomic E-state index is 0.125. The van der Waals surface area contributed by atoms with Gasteiger partial charge in [0.1, 0.15) is 0 Å². The Hall–Kier alpha value is -0.950. The lowest BCUT2D eigenvalue weighted by molar-refractivity contribution is -0.440. The molecule has 0 aliphatic carbocycles. The molecule has 0 aliphatic heterocycles. The molecule has 0 aliphatic rings. The SMILES string of the molecule is [NH3+]CCCCC(F)(F)C(F)(F)C(F)(F)C(F)(F)C(F)(F)C(F)(F)F. The lowest BCUT2D eigenvalue weighted by Gasteiger charge is -2.39. The van der Waals surface area contributed by atoms with E-state index < -0.39 is 48.6 Å². The second kappa shape index (κ2) is 6.41. The fraction of sp³-hybridized carbons (Fsp3) is 1.00. The minimum atomic E-state index is -7.82. The topological polar surface area (TPSA) is 27.6 Å². The van der Waals surface area contributed by atoms with Gasteiger partial charge < -0.3 is 5.73 Å². The van der Waals surface area contributed by atoms with Crippen molar-refractivity contribution in [3.05, 3.63) is 0 Å². The molecule has 14 heteroatoms. The summed E-state index contributed by atoms with van der Waals surface area (Å²) in [6, 6.07) is 0. The quantitative estimate of drug-likeness (QED) is 0.475. The van der Waals surface area contributed by atoms with E-state index in [4.69, 9.17) is 0 Å². The Morgan fingerprint density at radius 1 is 0.500 bits per heavy atom. The number of hydrogen-bond donors (Lipinski definition) is 1. The molecule has 0 saturated heterocycles. The van der Waals surface area contributed by atoms with Crippen LogP contribution < -0.4 is 5.73 Å². The molecule has 0 heterocycles. The van der Waals surface area contributed by atoms with Gasteiger partial charge in [0, 0.05) is 6.42 Å². The average molecular weight is 392 g/mol. The van der Waals surface area contributed by atoms with Crippen LogP contribution in [0.25, 0.3) is 0 Å². The Bertz CT molecular complexity index is 425. The molecule has 146 valence electrons. The number of halogens is 13. The zero-order valence-electron chi connectivity index (χ0n) is 11.4. The van der Waals surface area contributed by atoms with Gasteiger partial charge in [0.15, 0.2) is 0 Å². The number of rotatable bonds is 8. The molecule has 0 bridgehead atoms. The van der Waals surface area contributed by atoms with Crippen LogP contribution in [0.1, 0.15) is 19.3 Å². The van der Waals surface area contributed by atoms with E-state index in [0.29, 0.717) is 0 Å². The van der Waals surface area contributed by atoms with E-state index in [1.165, 1.54) is 0 Å². The average Bonchev–Trinajstić information content (AvgIpc) is 2.36. The van der Waals surface area contributed by atoms with E-state index in [9.17, 15) is 57.1 Å². The number of hydrogen-bond acceptors (Lipinski definition) is 0. The molecular weight excluding hydrogens is 381 g/mol. The number of alkyl halides is 13. The van der Waals surface area contributed by atoms with Crippen LogP contribution in [-0.4, -0.2) is 42.3 Å². The Kier molecular flexibility index (Phi) is 6.15. The van der Waals surface area contributed by atoms with Crippen molar-refractivity contribution in [2.75, 3.05) is 6.54 Å². The van der Waals surface area contributed by atoms with Crippen molar-refractivity contribution < 1.29 is 62.8 Å². The van der Waals surface area contributed by atoms with Crippen LogP contribution in [0.15, 0.2) is 0 Å². The fourth-order valence-electron chi connectivity index (χ4n) is 1.48. The zero-order chi connectivity index (χ0) is 19.8. The van der Waals surface area contributed by atoms with E-state index >= 15 is 0 Å². The van der Waals surface area contributed by atoms with Gasteiger partial charge in [0.05, 0.1) is 6.54 Å². The molecule has 3 N–H and O–H groups in total. The van der Waals surface area contributed by atoms with Crippen molar-refractivity contribution in [3.8, 4) is 0 Å². The van der Waals surface area contributed by atoms with Gasteiger partial charge in [-0.3, -0.25) is 0 Å². The third-order valence-electron chi connectivity index (χ3n) is 2.99. The van der Waals surface area contributed by atoms with Crippen molar-refractivity contribution >= 4 is 0 Å². The van der Waals surface area contributed by atoms with Crippen molar-refractivity contribution in [3.63, 3.8) is 0 Å². The molecule has 0 amide bonds. The van der Waals surface area contributed by atoms with Gasteiger partial charge in [0.2, 0.25) is 0 Å². The van der Waals surface area contributed by atoms with E-state index in [1.54, 1.807) is 0 Å². The third-order valence-corrected chi connectivity index (χ3v) is 2.99. The molecule has 0 aromatic carbocycles. The monoisotopic (exact) mass is 392 g/mol. The maximum absolute atomic E-state index is 13.1. The number of unbranched alkanes of at least 4 members (excludes halogenated alkanes) is 1. The molecule has 0 atom stereocenters. The number of quaternary nitrogens is 1. The van der Waals surface area contributed by atoms with Gasteiger partial charge in [-0.1, -0.05) is 0 Å². The smallest absolute Gasteiger partial charge is 0.358 e. The maximum atomic E-state index is 13.1. The van der Waals surface area contributed by atoms with Crippen LogP contribution in [-0.2, 0) is 0 Å². The van der Waals surface area contributed by atoms with Crippen LogP contribution in [0, 0.1) is 0 Å². The van der Waals surface area contributed by atoms with E-state index in [2.05, 4.69) is 5.73 Å². The highest BCUT2D eigenvalue weighted by Crippen LogP contribution is 2.60. The second-order valence-corrected chi connectivity index (χ2v) is 4.81. The van der Waals surface area contributed by atoms with Crippen LogP contribution in [0.3, 0.4) is 0 Å². The van der Waals surface area contributed by atoms with Gasteiger partial charge in [-0.05, 0) is 12.8 Å². The van der Waals surface area contributed by atoms with Crippen molar-refractivity contribution in [2.45, 2.75) is 55.1 Å². The van der Waals surface area contributed by atoms with Gasteiger partial charge in [-0.25, -0.2) is 0 Å². The Morgan fingerprint density at radius 3 is 1.21 bits per heavy atom. The standard InChI is InChI=1S/C10H10F13N/c11-5(12,3-1-2-4-24)6(13,14)7(15,16)8(17,18)9(19,20)10(21,22)23/h1-4,24H2/p+1. The summed E-state index contributed by atoms with van der Waals surface area (Å²) in [6.07, 6.45) is -10.8. The minimum Gasteiger partial charge on any atom is -0.358 e.